The molecule has 0 unspecified atom stereocenters. The molecule has 1 saturated carbocycles. The summed E-state index contributed by atoms with van der Waals surface area (Å²) in [6.45, 7) is 14.4. The van der Waals surface area contributed by atoms with Crippen LogP contribution in [0.3, 0.4) is 0 Å². The summed E-state index contributed by atoms with van der Waals surface area (Å²) in [4.78, 5) is 28.3. The third-order valence-corrected chi connectivity index (χ3v) is 11.4. The number of carbonyl (C=O) groups is 1. The van der Waals surface area contributed by atoms with E-state index in [9.17, 15) is 13.2 Å². The van der Waals surface area contributed by atoms with Crippen LogP contribution >= 0.6 is 0 Å². The Morgan fingerprint density at radius 1 is 1.02 bits per heavy atom. The Hall–Kier alpha value is -3.70. The zero-order valence-electron chi connectivity index (χ0n) is 29.2. The van der Waals surface area contributed by atoms with Crippen molar-refractivity contribution in [3.05, 3.63) is 59.2 Å². The van der Waals surface area contributed by atoms with Crippen LogP contribution in [0, 0.1) is 25.2 Å². The Morgan fingerprint density at radius 3 is 2.33 bits per heavy atom. The van der Waals surface area contributed by atoms with Gasteiger partial charge in [0, 0.05) is 17.2 Å². The number of aryl methyl sites for hydroxylation is 2. The summed E-state index contributed by atoms with van der Waals surface area (Å²) in [5.41, 5.74) is 3.74. The summed E-state index contributed by atoms with van der Waals surface area (Å²) in [5.74, 6) is 0.446. The molecule has 2 fully saturated rings. The van der Waals surface area contributed by atoms with E-state index >= 15 is 0 Å². The highest BCUT2D eigenvalue weighted by molar-refractivity contribution is 7.92. The highest BCUT2D eigenvalue weighted by Crippen LogP contribution is 2.52. The average Bonchev–Trinajstić information content (AvgIpc) is 3.00. The van der Waals surface area contributed by atoms with Gasteiger partial charge < -0.3 is 19.3 Å². The molecule has 1 N–H and O–H groups in total. The van der Waals surface area contributed by atoms with E-state index in [0.29, 0.717) is 23.4 Å². The molecule has 2 aromatic carbocycles. The van der Waals surface area contributed by atoms with E-state index in [1.54, 1.807) is 12.1 Å². The number of aromatic nitrogens is 2. The Morgan fingerprint density at radius 2 is 1.69 bits per heavy atom. The minimum atomic E-state index is -4.17. The normalized spacial score (nSPS) is 21.1. The van der Waals surface area contributed by atoms with E-state index < -0.39 is 10.0 Å². The quantitative estimate of drug-likeness (QED) is 0.316. The number of piperidine rings is 1. The number of benzene rings is 2. The Balaban J connectivity index is 1.50. The molecule has 11 heteroatoms. The number of rotatable bonds is 6. The first-order valence-corrected chi connectivity index (χ1v) is 18.7. The molecule has 3 heterocycles. The standard InChI is InChI=1S/C37H49N5O5S/c1-23(2)18-28-22-46-34-33(47-24(3)4)32(31-25(5)10-8-11-26(31)6)38-36(39-34)40-48(44,45)30-13-9-12-27(19-30)35(43)42(28)29-20-37(21-29)14-16-41(7)17-15-37/h8-13,19,23-24,28-29H,14-18,20-22H2,1-7H3,(H,38,39,40)/t28-/m1/s1. The van der Waals surface area contributed by atoms with Crippen molar-refractivity contribution in [3.63, 3.8) is 0 Å². The number of amides is 1. The number of nitrogens with zero attached hydrogens (tertiary/aromatic N) is 4. The second-order valence-corrected chi connectivity index (χ2v) is 16.5. The topological polar surface area (TPSA) is 114 Å². The van der Waals surface area contributed by atoms with E-state index in [1.165, 1.54) is 12.1 Å². The fourth-order valence-electron chi connectivity index (χ4n) is 7.65. The molecule has 3 aliphatic rings. The molecule has 48 heavy (non-hydrogen) atoms. The van der Waals surface area contributed by atoms with Gasteiger partial charge in [0.05, 0.1) is 17.0 Å². The van der Waals surface area contributed by atoms with Crippen molar-refractivity contribution in [2.45, 2.75) is 96.7 Å². The van der Waals surface area contributed by atoms with Gasteiger partial charge in [-0.25, -0.2) is 18.1 Å². The molecule has 6 rings (SSSR count). The minimum Gasteiger partial charge on any atom is -0.484 e. The number of nitrogens with one attached hydrogen (secondary N) is 1. The summed E-state index contributed by atoms with van der Waals surface area (Å²) in [7, 11) is -2.01. The van der Waals surface area contributed by atoms with Crippen LogP contribution < -0.4 is 14.2 Å². The first kappa shape index (κ1) is 34.2. The van der Waals surface area contributed by atoms with Crippen molar-refractivity contribution in [2.24, 2.45) is 11.3 Å². The largest absolute Gasteiger partial charge is 0.484 e. The minimum absolute atomic E-state index is 0.0225. The summed E-state index contributed by atoms with van der Waals surface area (Å²) in [6.07, 6.45) is 4.56. The van der Waals surface area contributed by atoms with Gasteiger partial charge in [-0.1, -0.05) is 38.1 Å². The number of carbonyl (C=O) groups excluding carboxylic acids is 1. The van der Waals surface area contributed by atoms with Crippen molar-refractivity contribution in [1.82, 2.24) is 19.8 Å². The average molecular weight is 676 g/mol. The lowest BCUT2D eigenvalue weighted by molar-refractivity contribution is -0.0498. The highest BCUT2D eigenvalue weighted by Gasteiger charge is 2.50. The van der Waals surface area contributed by atoms with Gasteiger partial charge in [-0.15, -0.1) is 0 Å². The summed E-state index contributed by atoms with van der Waals surface area (Å²) in [6, 6.07) is 12.0. The first-order valence-electron chi connectivity index (χ1n) is 17.2. The lowest BCUT2D eigenvalue weighted by Gasteiger charge is -2.56. The van der Waals surface area contributed by atoms with Gasteiger partial charge in [-0.2, -0.15) is 4.98 Å². The molecule has 3 aromatic rings. The number of ether oxygens (including phenoxy) is 2. The monoisotopic (exact) mass is 675 g/mol. The Labute approximate surface area is 285 Å². The number of fused-ring (bicyclic) bond motifs is 4. The molecule has 258 valence electrons. The molecule has 0 radical (unpaired) electrons. The number of anilines is 1. The van der Waals surface area contributed by atoms with Gasteiger partial charge in [-0.3, -0.25) is 4.79 Å². The molecule has 10 nitrogen and oxygen atoms in total. The van der Waals surface area contributed by atoms with Gasteiger partial charge in [0.15, 0.2) is 0 Å². The SMILES string of the molecule is Cc1cccc(C)c1-c1nc2nc(c1OC(C)C)OC[C@@H](CC(C)C)N(C1CC3(CCN(C)CC3)C1)C(=O)c1cccc(c1)S(=O)(=O)N2. The third-order valence-electron chi connectivity index (χ3n) is 10.1. The molecule has 1 amide bonds. The van der Waals surface area contributed by atoms with E-state index in [2.05, 4.69) is 35.5 Å². The van der Waals surface area contributed by atoms with Crippen LogP contribution in [0.1, 0.15) is 81.3 Å². The maximum Gasteiger partial charge on any atom is 0.264 e. The van der Waals surface area contributed by atoms with Crippen molar-refractivity contribution in [1.29, 1.82) is 0 Å². The maximum absolute atomic E-state index is 14.6. The molecule has 1 aromatic heterocycles. The highest BCUT2D eigenvalue weighted by atomic mass is 32.2. The van der Waals surface area contributed by atoms with Gasteiger partial charge in [0.25, 0.3) is 21.8 Å². The number of sulfonamides is 1. The number of hydrogen-bond acceptors (Lipinski definition) is 8. The second kappa shape index (κ2) is 13.3. The molecule has 1 saturated heterocycles. The number of likely N-dealkylation sites (tertiary alicyclic amines) is 1. The van der Waals surface area contributed by atoms with Crippen molar-refractivity contribution < 1.29 is 22.7 Å². The fraction of sp³-hybridized carbons (Fsp3) is 0.541. The van der Waals surface area contributed by atoms with E-state index in [4.69, 9.17) is 14.5 Å². The second-order valence-electron chi connectivity index (χ2n) is 14.8. The summed E-state index contributed by atoms with van der Waals surface area (Å²) < 4.78 is 43.3. The van der Waals surface area contributed by atoms with Crippen LogP contribution in [0.5, 0.6) is 11.6 Å². The molecule has 4 bridgehead atoms. The van der Waals surface area contributed by atoms with Crippen molar-refractivity contribution in [2.75, 3.05) is 31.5 Å². The molecule has 1 atom stereocenters. The van der Waals surface area contributed by atoms with E-state index in [-0.39, 0.29) is 58.8 Å². The zero-order valence-corrected chi connectivity index (χ0v) is 30.1. The molecular weight excluding hydrogens is 627 g/mol. The third kappa shape index (κ3) is 6.89. The van der Waals surface area contributed by atoms with Crippen molar-refractivity contribution >= 4 is 21.9 Å². The number of hydrogen-bond donors (Lipinski definition) is 1. The molecule has 1 spiro atoms. The van der Waals surface area contributed by atoms with Gasteiger partial charge >= 0.3 is 0 Å². The zero-order chi connectivity index (χ0) is 34.4. The molecule has 2 aliphatic heterocycles. The van der Waals surface area contributed by atoms with E-state index in [1.807, 2.05) is 50.8 Å². The van der Waals surface area contributed by atoms with Crippen LogP contribution in [0.15, 0.2) is 47.4 Å². The van der Waals surface area contributed by atoms with Crippen LogP contribution in [0.2, 0.25) is 0 Å². The lowest BCUT2D eigenvalue weighted by atomic mass is 9.59. The Bertz CT molecular complexity index is 1760. The molecule has 1 aliphatic carbocycles. The lowest BCUT2D eigenvalue weighted by Crippen LogP contribution is -2.59. The van der Waals surface area contributed by atoms with Crippen molar-refractivity contribution in [3.8, 4) is 22.9 Å². The summed E-state index contributed by atoms with van der Waals surface area (Å²) >= 11 is 0. The summed E-state index contributed by atoms with van der Waals surface area (Å²) in [5, 5.41) is 0. The van der Waals surface area contributed by atoms with E-state index in [0.717, 1.165) is 55.5 Å². The predicted octanol–water partition coefficient (Wildman–Crippen LogP) is 6.47. The molecular formula is C37H49N5O5S. The Kier molecular flexibility index (Phi) is 9.47. The smallest absolute Gasteiger partial charge is 0.264 e. The van der Waals surface area contributed by atoms with Gasteiger partial charge in [0.2, 0.25) is 11.7 Å². The first-order chi connectivity index (χ1) is 22.7. The predicted molar refractivity (Wildman–Crippen MR) is 187 cm³/mol. The van der Waals surface area contributed by atoms with Crippen LogP contribution in [0.25, 0.3) is 11.3 Å². The van der Waals surface area contributed by atoms with Gasteiger partial charge in [0.1, 0.15) is 12.3 Å². The maximum atomic E-state index is 14.6. The van der Waals surface area contributed by atoms with Crippen LogP contribution in [-0.4, -0.2) is 79.0 Å². The van der Waals surface area contributed by atoms with Crippen LogP contribution in [0.4, 0.5) is 5.95 Å². The fourth-order valence-corrected chi connectivity index (χ4v) is 8.64. The van der Waals surface area contributed by atoms with Gasteiger partial charge in [-0.05, 0) is 121 Å². The van der Waals surface area contributed by atoms with Crippen LogP contribution in [-0.2, 0) is 10.0 Å².